The van der Waals surface area contributed by atoms with Gasteiger partial charge in [0.1, 0.15) is 58.8 Å². The third kappa shape index (κ3) is 12.5. The minimum Gasteiger partial charge on any atom is -0.207 e. The van der Waals surface area contributed by atoms with E-state index in [9.17, 15) is 35.1 Å². The third-order valence-corrected chi connectivity index (χ3v) is 22.5. The maximum atomic E-state index is 17.3. The van der Waals surface area contributed by atoms with Gasteiger partial charge in [-0.3, -0.25) is 0 Å². The van der Waals surface area contributed by atoms with Crippen LogP contribution in [0.3, 0.4) is 0 Å². The Bertz CT molecular complexity index is 6990. The molecule has 0 aliphatic carbocycles. The summed E-state index contributed by atoms with van der Waals surface area (Å²) < 4.78 is 893. The fraction of sp³-hybridized carbons (Fsp3) is 0. The second-order valence-electron chi connectivity index (χ2n) is 28.6. The molecule has 16 aromatic rings. The summed E-state index contributed by atoms with van der Waals surface area (Å²) in [7, 11) is 0. The van der Waals surface area contributed by atoms with Crippen molar-refractivity contribution in [3.63, 3.8) is 0 Å². The molecule has 0 radical (unpaired) electrons. The molecule has 0 atom stereocenters. The molecule has 0 heterocycles. The summed E-state index contributed by atoms with van der Waals surface area (Å²) >= 11 is 0. The molecule has 0 spiro atoms. The molecule has 0 aromatic heterocycles. The molecular formula is C80B2F56Li-. The summed E-state index contributed by atoms with van der Waals surface area (Å²) in [6, 6.07) is 0. The summed E-state index contributed by atoms with van der Waals surface area (Å²) in [5.74, 6) is -208. The second-order valence-corrected chi connectivity index (χ2v) is 28.6. The summed E-state index contributed by atoms with van der Waals surface area (Å²) in [5, 5.41) is -54.0. The van der Waals surface area contributed by atoms with Gasteiger partial charge in [0.05, 0.1) is 43.1 Å². The van der Waals surface area contributed by atoms with Gasteiger partial charge in [0, 0.05) is 0 Å². The third-order valence-electron chi connectivity index (χ3n) is 22.5. The standard InChI is InChI=1S/2C40BF28.Li/c2*42-13-1-5(21(50)37(66)33(13)62)17(46)29(58)25(54)9(1)41(10-2-6(18(47)30(59)26(10)55)22(51)38(67)34(63)14(2)43,11-3-7(19(48)31(60)27(11)56)23(52)39(68)35(64)15(3)44)12-4-8(20(49)32(61)28(12)57)24(53)40(69)36(65)16(4)45;/q2*-1;+1. The van der Waals surface area contributed by atoms with Crippen LogP contribution < -0.4 is 62.6 Å². The number of hydrogen-bond acceptors (Lipinski definition) is 0. The number of fused-ring (bicyclic) bond motifs is 8. The number of rotatable bonds is 8. The van der Waals surface area contributed by atoms with Crippen LogP contribution in [0.5, 0.6) is 0 Å². The topological polar surface area (TPSA) is 0 Å². The van der Waals surface area contributed by atoms with Crippen LogP contribution in [0, 0.1) is 326 Å². The Balaban J connectivity index is 0.000000220. The van der Waals surface area contributed by atoms with E-state index in [0.29, 0.717) is 0 Å². The zero-order valence-corrected chi connectivity index (χ0v) is 63.3. The maximum absolute atomic E-state index is 17.3. The van der Waals surface area contributed by atoms with E-state index in [2.05, 4.69) is 0 Å². The normalized spacial score (nSPS) is 12.3. The average molecular weight is 2050 g/mol. The number of halogens is 56. The van der Waals surface area contributed by atoms with Crippen LogP contribution in [0.25, 0.3) is 86.2 Å². The van der Waals surface area contributed by atoms with E-state index >= 15 is 211 Å². The molecule has 0 unspecified atom stereocenters. The first kappa shape index (κ1) is 101. The molecule has 0 saturated heterocycles. The molecule has 16 rings (SSSR count). The van der Waals surface area contributed by atoms with Gasteiger partial charge in [-0.25, -0.2) is 246 Å². The van der Waals surface area contributed by atoms with Crippen molar-refractivity contribution in [1.82, 2.24) is 0 Å². The van der Waals surface area contributed by atoms with Gasteiger partial charge in [0.15, 0.2) is 279 Å². The zero-order chi connectivity index (χ0) is 103. The molecule has 59 heteroatoms. The Labute approximate surface area is 730 Å². The zero-order valence-electron chi connectivity index (χ0n) is 63.3. The minimum atomic E-state index is -8.05. The monoisotopic (exact) mass is 2050 g/mol. The Hall–Kier alpha value is -13.6. The fourth-order valence-corrected chi connectivity index (χ4v) is 17.2. The molecule has 0 bridgehead atoms. The molecule has 0 fully saturated rings. The van der Waals surface area contributed by atoms with E-state index < -0.39 is 468 Å². The first-order chi connectivity index (χ1) is 64.0. The predicted octanol–water partition coefficient (Wildman–Crippen LogP) is 20.1. The molecule has 139 heavy (non-hydrogen) atoms. The summed E-state index contributed by atoms with van der Waals surface area (Å²) in [6.45, 7) is 0. The molecule has 16 aromatic carbocycles. The van der Waals surface area contributed by atoms with Gasteiger partial charge >= 0.3 is 18.9 Å². The van der Waals surface area contributed by atoms with Gasteiger partial charge in [0.25, 0.3) is 0 Å². The van der Waals surface area contributed by atoms with Gasteiger partial charge in [0.2, 0.25) is 0 Å². The summed E-state index contributed by atoms with van der Waals surface area (Å²) in [5.41, 5.74) is -31.0. The maximum Gasteiger partial charge on any atom is 1.00 e. The van der Waals surface area contributed by atoms with Crippen LogP contribution in [-0.4, -0.2) is 12.3 Å². The molecule has 0 aliphatic heterocycles. The van der Waals surface area contributed by atoms with Gasteiger partial charge in [-0.2, -0.15) is 0 Å². The van der Waals surface area contributed by atoms with Crippen LogP contribution in [0.2, 0.25) is 0 Å². The molecule has 0 nitrogen and oxygen atoms in total. The van der Waals surface area contributed by atoms with Crippen molar-refractivity contribution in [2.24, 2.45) is 0 Å². The van der Waals surface area contributed by atoms with E-state index in [0.717, 1.165) is 0 Å². The first-order valence-electron chi connectivity index (χ1n) is 34.9. The van der Waals surface area contributed by atoms with Crippen molar-refractivity contribution >= 4 is 142 Å². The van der Waals surface area contributed by atoms with Crippen molar-refractivity contribution in [1.29, 1.82) is 0 Å². The SMILES string of the molecule is Fc1c(F)c(F)c2c([B-](c3c(F)c(F)c(F)c4c(F)c(F)c(F)c(F)c34)(c3c(F)c(F)c(F)c4c(F)c(F)c(F)c(F)c34)c3c(F)c(F)c(F)c4c(F)c(F)c(F)c(F)c34)c(F)c(F)c(F)c2c1F.Fc1c(F)c(F)c2c([B-](c3c(F)c(F)c(F)c4c(F)c(F)c(F)c(F)c34)(c3c(F)c(F)c(F)c4c(F)c(F)c(F)c(F)c34)c3c(F)c(F)c(F)c4c(F)c(F)c(F)c(F)c34)c(F)c(F)c(F)c2c1F.[Li+]. The fourth-order valence-electron chi connectivity index (χ4n) is 17.2. The van der Waals surface area contributed by atoms with E-state index in [1.165, 1.54) is 0 Å². The Kier molecular flexibility index (Phi) is 24.3. The van der Waals surface area contributed by atoms with Gasteiger partial charge in [-0.1, -0.05) is 0 Å². The van der Waals surface area contributed by atoms with E-state index in [1.54, 1.807) is 0 Å². The summed E-state index contributed by atoms with van der Waals surface area (Å²) in [4.78, 5) is 0. The van der Waals surface area contributed by atoms with Crippen LogP contribution in [0.4, 0.5) is 246 Å². The van der Waals surface area contributed by atoms with Crippen LogP contribution in [-0.2, 0) is 0 Å². The van der Waals surface area contributed by atoms with Crippen LogP contribution in [0.15, 0.2) is 0 Å². The van der Waals surface area contributed by atoms with Crippen LogP contribution >= 0.6 is 0 Å². The molecule has 0 saturated carbocycles. The van der Waals surface area contributed by atoms with Gasteiger partial charge in [-0.05, 0) is 43.1 Å². The van der Waals surface area contributed by atoms with Crippen molar-refractivity contribution in [2.45, 2.75) is 0 Å². The number of hydrogen-bond donors (Lipinski definition) is 0. The molecule has 0 N–H and O–H groups in total. The summed E-state index contributed by atoms with van der Waals surface area (Å²) in [6.07, 6.45) is -16.1. The van der Waals surface area contributed by atoms with Crippen molar-refractivity contribution in [2.75, 3.05) is 0 Å². The average Bonchev–Trinajstić information content (AvgIpc) is 0.662. The van der Waals surface area contributed by atoms with Gasteiger partial charge < -0.3 is 0 Å². The molecular weight excluding hydrogens is 2050 g/mol. The molecule has 720 valence electrons. The minimum absolute atomic E-state index is 0. The smallest absolute Gasteiger partial charge is 0.207 e. The van der Waals surface area contributed by atoms with Gasteiger partial charge in [-0.15, -0.1) is 43.7 Å². The quantitative estimate of drug-likeness (QED) is 0.0616. The van der Waals surface area contributed by atoms with Crippen molar-refractivity contribution < 1.29 is 265 Å². The molecule has 0 aliphatic rings. The van der Waals surface area contributed by atoms with Crippen molar-refractivity contribution in [3.05, 3.63) is 326 Å². The van der Waals surface area contributed by atoms with E-state index in [4.69, 9.17) is 0 Å². The van der Waals surface area contributed by atoms with Crippen LogP contribution in [0.1, 0.15) is 0 Å². The first-order valence-corrected chi connectivity index (χ1v) is 34.9. The Morgan fingerprint density at radius 3 is 0.180 bits per heavy atom. The van der Waals surface area contributed by atoms with E-state index in [-0.39, 0.29) is 18.9 Å². The Morgan fingerprint density at radius 2 is 0.115 bits per heavy atom. The largest absolute Gasteiger partial charge is 1.00 e. The number of benzene rings is 16. The van der Waals surface area contributed by atoms with Crippen molar-refractivity contribution in [3.8, 4) is 0 Å². The Morgan fingerprint density at radius 1 is 0.0647 bits per heavy atom. The van der Waals surface area contributed by atoms with E-state index in [1.807, 2.05) is 0 Å². The molecule has 0 amide bonds. The predicted molar refractivity (Wildman–Crippen MR) is 358 cm³/mol. The second kappa shape index (κ2) is 33.3.